The molecule has 88 valence electrons. The van der Waals surface area contributed by atoms with Gasteiger partial charge in [0.15, 0.2) is 0 Å². The Balaban J connectivity index is 2.21. The second-order valence-corrected chi connectivity index (χ2v) is 5.96. The van der Waals surface area contributed by atoms with Gasteiger partial charge < -0.3 is 10.1 Å². The highest BCUT2D eigenvalue weighted by molar-refractivity contribution is 7.85. The lowest BCUT2D eigenvalue weighted by atomic mass is 10.1. The van der Waals surface area contributed by atoms with Gasteiger partial charge in [0.05, 0.1) is 7.11 Å². The summed E-state index contributed by atoms with van der Waals surface area (Å²) >= 11 is 0. The standard InChI is InChI=1S/C12H17NO2S/c1-9-7-13-11(8-16(9)14)10-5-3-4-6-12(10)15-2/h3-6,9,11,13H,7-8H2,1-2H3. The normalized spacial score (nSPS) is 30.0. The summed E-state index contributed by atoms with van der Waals surface area (Å²) in [6.45, 7) is 2.82. The Morgan fingerprint density at radius 3 is 2.88 bits per heavy atom. The van der Waals surface area contributed by atoms with Gasteiger partial charge in [-0.25, -0.2) is 0 Å². The van der Waals surface area contributed by atoms with Crippen molar-refractivity contribution in [2.45, 2.75) is 18.2 Å². The zero-order valence-electron chi connectivity index (χ0n) is 9.60. The zero-order valence-corrected chi connectivity index (χ0v) is 10.4. The van der Waals surface area contributed by atoms with E-state index in [2.05, 4.69) is 5.32 Å². The minimum atomic E-state index is -0.744. The van der Waals surface area contributed by atoms with Crippen molar-refractivity contribution in [2.75, 3.05) is 19.4 Å². The molecule has 3 atom stereocenters. The summed E-state index contributed by atoms with van der Waals surface area (Å²) < 4.78 is 17.1. The van der Waals surface area contributed by atoms with Crippen molar-refractivity contribution >= 4 is 10.8 Å². The van der Waals surface area contributed by atoms with Crippen LogP contribution in [0.1, 0.15) is 18.5 Å². The van der Waals surface area contributed by atoms with Crippen LogP contribution in [-0.4, -0.2) is 28.9 Å². The average Bonchev–Trinajstić information content (AvgIpc) is 2.32. The van der Waals surface area contributed by atoms with Crippen molar-refractivity contribution in [3.05, 3.63) is 29.8 Å². The first kappa shape index (κ1) is 11.6. The smallest absolute Gasteiger partial charge is 0.123 e. The number of para-hydroxylation sites is 1. The molecule has 1 aliphatic rings. The van der Waals surface area contributed by atoms with Crippen LogP contribution in [0.25, 0.3) is 0 Å². The lowest BCUT2D eigenvalue weighted by molar-refractivity contribution is 0.401. The Kier molecular flexibility index (Phi) is 3.61. The van der Waals surface area contributed by atoms with Crippen LogP contribution < -0.4 is 10.1 Å². The third-order valence-corrected chi connectivity index (χ3v) is 4.67. The van der Waals surface area contributed by atoms with Crippen molar-refractivity contribution in [1.29, 1.82) is 0 Å². The van der Waals surface area contributed by atoms with Crippen LogP contribution in [0.15, 0.2) is 24.3 Å². The van der Waals surface area contributed by atoms with Gasteiger partial charge in [-0.05, 0) is 13.0 Å². The van der Waals surface area contributed by atoms with Gasteiger partial charge in [0.1, 0.15) is 5.75 Å². The molecule has 1 aromatic rings. The summed E-state index contributed by atoms with van der Waals surface area (Å²) in [4.78, 5) is 0. The van der Waals surface area contributed by atoms with Crippen LogP contribution >= 0.6 is 0 Å². The largest absolute Gasteiger partial charge is 0.496 e. The molecular weight excluding hydrogens is 222 g/mol. The van der Waals surface area contributed by atoms with Crippen molar-refractivity contribution < 1.29 is 8.95 Å². The molecule has 1 saturated heterocycles. The molecule has 1 aliphatic heterocycles. The van der Waals surface area contributed by atoms with Gasteiger partial charge >= 0.3 is 0 Å². The van der Waals surface area contributed by atoms with E-state index in [4.69, 9.17) is 4.74 Å². The van der Waals surface area contributed by atoms with Crippen LogP contribution in [0.5, 0.6) is 5.75 Å². The third kappa shape index (κ3) is 2.28. The minimum absolute atomic E-state index is 0.146. The maximum atomic E-state index is 11.8. The number of benzene rings is 1. The summed E-state index contributed by atoms with van der Waals surface area (Å²) in [5.74, 6) is 1.54. The second-order valence-electron chi connectivity index (χ2n) is 4.06. The average molecular weight is 239 g/mol. The highest BCUT2D eigenvalue weighted by atomic mass is 32.2. The summed E-state index contributed by atoms with van der Waals surface area (Å²) in [5, 5.41) is 3.66. The number of hydrogen-bond acceptors (Lipinski definition) is 3. The number of ether oxygens (including phenoxy) is 1. The molecule has 4 heteroatoms. The molecule has 0 amide bonds. The fraction of sp³-hybridized carbons (Fsp3) is 0.500. The van der Waals surface area contributed by atoms with Gasteiger partial charge in [0.2, 0.25) is 0 Å². The molecule has 3 unspecified atom stereocenters. The maximum absolute atomic E-state index is 11.8. The summed E-state index contributed by atoms with van der Waals surface area (Å²) in [6.07, 6.45) is 0. The van der Waals surface area contributed by atoms with Crippen LogP contribution in [-0.2, 0) is 10.8 Å². The molecule has 0 radical (unpaired) electrons. The molecule has 0 aromatic heterocycles. The number of nitrogens with one attached hydrogen (secondary N) is 1. The topological polar surface area (TPSA) is 38.3 Å². The quantitative estimate of drug-likeness (QED) is 0.849. The fourth-order valence-corrected chi connectivity index (χ4v) is 3.18. The minimum Gasteiger partial charge on any atom is -0.496 e. The number of methoxy groups -OCH3 is 1. The highest BCUT2D eigenvalue weighted by Gasteiger charge is 2.26. The second kappa shape index (κ2) is 4.97. The number of hydrogen-bond donors (Lipinski definition) is 1. The van der Waals surface area contributed by atoms with Crippen LogP contribution in [0.3, 0.4) is 0 Å². The fourth-order valence-electron chi connectivity index (χ4n) is 1.94. The van der Waals surface area contributed by atoms with E-state index in [0.29, 0.717) is 5.75 Å². The Morgan fingerprint density at radius 2 is 2.19 bits per heavy atom. The monoisotopic (exact) mass is 239 g/mol. The first-order valence-electron chi connectivity index (χ1n) is 5.46. The van der Waals surface area contributed by atoms with Gasteiger partial charge in [0, 0.05) is 40.0 Å². The van der Waals surface area contributed by atoms with Crippen LogP contribution in [0.2, 0.25) is 0 Å². The number of rotatable bonds is 2. The first-order chi connectivity index (χ1) is 7.72. The van der Waals surface area contributed by atoms with Gasteiger partial charge in [-0.1, -0.05) is 18.2 Å². The van der Waals surface area contributed by atoms with Gasteiger partial charge in [0.25, 0.3) is 0 Å². The Bertz CT molecular complexity index is 394. The van der Waals surface area contributed by atoms with E-state index in [1.807, 2.05) is 31.2 Å². The van der Waals surface area contributed by atoms with E-state index in [1.165, 1.54) is 0 Å². The van der Waals surface area contributed by atoms with E-state index in [1.54, 1.807) is 7.11 Å². The van der Waals surface area contributed by atoms with Crippen molar-refractivity contribution in [2.24, 2.45) is 0 Å². The summed E-state index contributed by atoms with van der Waals surface area (Å²) in [5.41, 5.74) is 1.10. The molecule has 16 heavy (non-hydrogen) atoms. The van der Waals surface area contributed by atoms with Gasteiger partial charge in [-0.3, -0.25) is 4.21 Å². The van der Waals surface area contributed by atoms with E-state index in [0.717, 1.165) is 17.9 Å². The molecule has 0 bridgehead atoms. The van der Waals surface area contributed by atoms with E-state index in [9.17, 15) is 4.21 Å². The molecule has 1 fully saturated rings. The zero-order chi connectivity index (χ0) is 11.5. The van der Waals surface area contributed by atoms with Gasteiger partial charge in [-0.15, -0.1) is 0 Å². The molecule has 1 N–H and O–H groups in total. The molecule has 1 heterocycles. The predicted octanol–water partition coefficient (Wildman–Crippen LogP) is 1.48. The lowest BCUT2D eigenvalue weighted by Gasteiger charge is -2.28. The molecule has 0 aliphatic carbocycles. The Morgan fingerprint density at radius 1 is 1.44 bits per heavy atom. The summed E-state index contributed by atoms with van der Waals surface area (Å²) in [7, 11) is 0.924. The highest BCUT2D eigenvalue weighted by Crippen LogP contribution is 2.27. The third-order valence-electron chi connectivity index (χ3n) is 2.95. The van der Waals surface area contributed by atoms with Crippen LogP contribution in [0, 0.1) is 0 Å². The molecule has 0 saturated carbocycles. The van der Waals surface area contributed by atoms with Gasteiger partial charge in [-0.2, -0.15) is 0 Å². The SMILES string of the molecule is COc1ccccc1C1CS(=O)C(C)CN1. The molecule has 1 aromatic carbocycles. The first-order valence-corrected chi connectivity index (χ1v) is 6.84. The Labute approximate surface area is 98.7 Å². The van der Waals surface area contributed by atoms with E-state index in [-0.39, 0.29) is 11.3 Å². The predicted molar refractivity (Wildman–Crippen MR) is 66.2 cm³/mol. The molecule has 2 rings (SSSR count). The lowest BCUT2D eigenvalue weighted by Crippen LogP contribution is -2.41. The molecular formula is C12H17NO2S. The van der Waals surface area contributed by atoms with E-state index < -0.39 is 10.8 Å². The molecule has 3 nitrogen and oxygen atoms in total. The van der Waals surface area contributed by atoms with Crippen molar-refractivity contribution in [3.63, 3.8) is 0 Å². The Hall–Kier alpha value is -0.870. The van der Waals surface area contributed by atoms with Crippen molar-refractivity contribution in [3.8, 4) is 5.75 Å². The maximum Gasteiger partial charge on any atom is 0.123 e. The summed E-state index contributed by atoms with van der Waals surface area (Å²) in [6, 6.07) is 8.06. The van der Waals surface area contributed by atoms with Crippen LogP contribution in [0.4, 0.5) is 0 Å². The van der Waals surface area contributed by atoms with E-state index >= 15 is 0 Å². The van der Waals surface area contributed by atoms with Crippen molar-refractivity contribution in [1.82, 2.24) is 5.32 Å². The molecule has 0 spiro atoms.